The topological polar surface area (TPSA) is 49.8 Å². The van der Waals surface area contributed by atoms with Gasteiger partial charge in [-0.25, -0.2) is 4.79 Å². The van der Waals surface area contributed by atoms with E-state index in [0.717, 1.165) is 12.8 Å². The third-order valence-electron chi connectivity index (χ3n) is 1.89. The van der Waals surface area contributed by atoms with Crippen LogP contribution in [-0.2, 0) is 4.74 Å². The first-order valence-electron chi connectivity index (χ1n) is 4.30. The summed E-state index contributed by atoms with van der Waals surface area (Å²) in [5.74, 6) is 0. The van der Waals surface area contributed by atoms with Gasteiger partial charge in [0, 0.05) is 6.54 Å². The van der Waals surface area contributed by atoms with Gasteiger partial charge in [0.1, 0.15) is 6.61 Å². The molecule has 4 nitrogen and oxygen atoms in total. The lowest BCUT2D eigenvalue weighted by Crippen LogP contribution is -2.25. The monoisotopic (exact) mass is 173 g/mol. The van der Waals surface area contributed by atoms with E-state index in [9.17, 15) is 4.79 Å². The van der Waals surface area contributed by atoms with Crippen LogP contribution in [0.15, 0.2) is 0 Å². The Morgan fingerprint density at radius 1 is 1.75 bits per heavy atom. The van der Waals surface area contributed by atoms with Crippen molar-refractivity contribution in [1.82, 2.24) is 4.90 Å². The van der Waals surface area contributed by atoms with Crippen molar-refractivity contribution in [3.63, 3.8) is 0 Å². The van der Waals surface area contributed by atoms with Crippen LogP contribution in [-0.4, -0.2) is 41.9 Å². The molecule has 12 heavy (non-hydrogen) atoms. The summed E-state index contributed by atoms with van der Waals surface area (Å²) in [6, 6.07) is 0. The van der Waals surface area contributed by atoms with Crippen molar-refractivity contribution in [3.8, 4) is 0 Å². The van der Waals surface area contributed by atoms with Gasteiger partial charge in [0.2, 0.25) is 0 Å². The van der Waals surface area contributed by atoms with Crippen LogP contribution in [0.1, 0.15) is 19.8 Å². The van der Waals surface area contributed by atoms with Crippen molar-refractivity contribution >= 4 is 6.09 Å². The van der Waals surface area contributed by atoms with Crippen molar-refractivity contribution in [3.05, 3.63) is 0 Å². The highest BCUT2D eigenvalue weighted by molar-refractivity contribution is 5.69. The van der Waals surface area contributed by atoms with Crippen molar-refractivity contribution < 1.29 is 14.6 Å². The molecule has 1 heterocycles. The van der Waals surface area contributed by atoms with Gasteiger partial charge in [-0.1, -0.05) is 0 Å². The van der Waals surface area contributed by atoms with Gasteiger partial charge in [-0.2, -0.15) is 0 Å². The molecule has 0 radical (unpaired) electrons. The van der Waals surface area contributed by atoms with Crippen LogP contribution >= 0.6 is 0 Å². The van der Waals surface area contributed by atoms with E-state index in [4.69, 9.17) is 9.84 Å². The number of carbonyl (C=O) groups excluding carboxylic acids is 1. The van der Waals surface area contributed by atoms with Crippen molar-refractivity contribution in [1.29, 1.82) is 0 Å². The third-order valence-corrected chi connectivity index (χ3v) is 1.89. The summed E-state index contributed by atoms with van der Waals surface area (Å²) in [5.41, 5.74) is 0. The van der Waals surface area contributed by atoms with Crippen molar-refractivity contribution in [2.75, 3.05) is 19.7 Å². The molecule has 1 saturated heterocycles. The normalized spacial score (nSPS) is 19.5. The summed E-state index contributed by atoms with van der Waals surface area (Å²) >= 11 is 0. The molecule has 0 aromatic carbocycles. The summed E-state index contributed by atoms with van der Waals surface area (Å²) in [6.07, 6.45) is 1.08. The standard InChI is InChI=1S/C8H15NO3/c1-7(10)3-2-4-9-5-6-12-8(9)11/h7,10H,2-6H2,1H3. The lowest BCUT2D eigenvalue weighted by atomic mass is 10.2. The Bertz CT molecular complexity index is 158. The number of aliphatic hydroxyl groups is 1. The van der Waals surface area contributed by atoms with E-state index in [2.05, 4.69) is 0 Å². The van der Waals surface area contributed by atoms with Gasteiger partial charge in [-0.3, -0.25) is 0 Å². The molecule has 0 bridgehead atoms. The number of carbonyl (C=O) groups is 1. The first-order valence-corrected chi connectivity index (χ1v) is 4.30. The number of hydrogen-bond acceptors (Lipinski definition) is 3. The Labute approximate surface area is 72.1 Å². The lowest BCUT2D eigenvalue weighted by Gasteiger charge is -2.12. The average Bonchev–Trinajstić information content (AvgIpc) is 2.36. The second-order valence-electron chi connectivity index (χ2n) is 3.09. The predicted molar refractivity (Wildman–Crippen MR) is 43.8 cm³/mol. The first-order chi connectivity index (χ1) is 5.70. The lowest BCUT2D eigenvalue weighted by molar-refractivity contribution is 0.152. The number of rotatable bonds is 4. The predicted octanol–water partition coefficient (Wildman–Crippen LogP) is 0.600. The molecule has 4 heteroatoms. The zero-order valence-electron chi connectivity index (χ0n) is 7.32. The Morgan fingerprint density at radius 2 is 2.50 bits per heavy atom. The summed E-state index contributed by atoms with van der Waals surface area (Å²) in [7, 11) is 0. The van der Waals surface area contributed by atoms with Crippen LogP contribution in [0.25, 0.3) is 0 Å². The molecular weight excluding hydrogens is 158 g/mol. The van der Waals surface area contributed by atoms with Gasteiger partial charge in [-0.05, 0) is 19.8 Å². The summed E-state index contributed by atoms with van der Waals surface area (Å²) < 4.78 is 4.75. The van der Waals surface area contributed by atoms with E-state index in [1.54, 1.807) is 11.8 Å². The zero-order chi connectivity index (χ0) is 8.97. The van der Waals surface area contributed by atoms with Crippen molar-refractivity contribution in [2.45, 2.75) is 25.9 Å². The van der Waals surface area contributed by atoms with Gasteiger partial charge >= 0.3 is 6.09 Å². The molecule has 1 N–H and O–H groups in total. The van der Waals surface area contributed by atoms with E-state index in [0.29, 0.717) is 19.7 Å². The van der Waals surface area contributed by atoms with Gasteiger partial charge in [0.25, 0.3) is 0 Å². The largest absolute Gasteiger partial charge is 0.448 e. The third kappa shape index (κ3) is 2.70. The minimum Gasteiger partial charge on any atom is -0.448 e. The molecule has 0 saturated carbocycles. The van der Waals surface area contributed by atoms with E-state index >= 15 is 0 Å². The van der Waals surface area contributed by atoms with Gasteiger partial charge in [0.15, 0.2) is 0 Å². The molecule has 1 fully saturated rings. The van der Waals surface area contributed by atoms with E-state index in [1.165, 1.54) is 0 Å². The summed E-state index contributed by atoms with van der Waals surface area (Å²) in [4.78, 5) is 12.6. The zero-order valence-corrected chi connectivity index (χ0v) is 7.32. The molecule has 1 aliphatic heterocycles. The molecule has 1 unspecified atom stereocenters. The number of aliphatic hydroxyl groups excluding tert-OH is 1. The Balaban J connectivity index is 2.10. The maximum absolute atomic E-state index is 10.9. The second-order valence-corrected chi connectivity index (χ2v) is 3.09. The van der Waals surface area contributed by atoms with Crippen LogP contribution in [0, 0.1) is 0 Å². The van der Waals surface area contributed by atoms with Gasteiger partial charge in [0.05, 0.1) is 12.6 Å². The number of amides is 1. The highest BCUT2D eigenvalue weighted by atomic mass is 16.6. The van der Waals surface area contributed by atoms with Crippen LogP contribution < -0.4 is 0 Å². The molecule has 0 spiro atoms. The Morgan fingerprint density at radius 3 is 3.00 bits per heavy atom. The first kappa shape index (κ1) is 9.32. The minimum absolute atomic E-state index is 0.222. The maximum atomic E-state index is 10.9. The molecule has 70 valence electrons. The summed E-state index contributed by atoms with van der Waals surface area (Å²) in [5, 5.41) is 8.96. The molecular formula is C8H15NO3. The molecule has 0 aromatic heterocycles. The van der Waals surface area contributed by atoms with Crippen molar-refractivity contribution in [2.24, 2.45) is 0 Å². The van der Waals surface area contributed by atoms with Crippen LogP contribution in [0.5, 0.6) is 0 Å². The fourth-order valence-electron chi connectivity index (χ4n) is 1.21. The highest BCUT2D eigenvalue weighted by Gasteiger charge is 2.20. The molecule has 1 rings (SSSR count). The number of cyclic esters (lactones) is 1. The van der Waals surface area contributed by atoms with Gasteiger partial charge in [-0.15, -0.1) is 0 Å². The molecule has 1 atom stereocenters. The fourth-order valence-corrected chi connectivity index (χ4v) is 1.21. The quantitative estimate of drug-likeness (QED) is 0.677. The van der Waals surface area contributed by atoms with Gasteiger partial charge < -0.3 is 14.7 Å². The van der Waals surface area contributed by atoms with Crippen LogP contribution in [0.4, 0.5) is 4.79 Å². The smallest absolute Gasteiger partial charge is 0.409 e. The number of nitrogens with zero attached hydrogens (tertiary/aromatic N) is 1. The SMILES string of the molecule is CC(O)CCCN1CCOC1=O. The molecule has 0 aliphatic carbocycles. The molecule has 1 amide bonds. The summed E-state index contributed by atoms with van der Waals surface area (Å²) in [6.45, 7) is 3.65. The Hall–Kier alpha value is -0.770. The van der Waals surface area contributed by atoms with Crippen LogP contribution in [0.3, 0.4) is 0 Å². The molecule has 0 aromatic rings. The number of hydrogen-bond donors (Lipinski definition) is 1. The molecule has 1 aliphatic rings. The Kier molecular flexibility index (Phi) is 3.34. The number of ether oxygens (including phenoxy) is 1. The maximum Gasteiger partial charge on any atom is 0.409 e. The second kappa shape index (κ2) is 4.30. The van der Waals surface area contributed by atoms with Crippen LogP contribution in [0.2, 0.25) is 0 Å². The van der Waals surface area contributed by atoms with E-state index in [-0.39, 0.29) is 12.2 Å². The fraction of sp³-hybridized carbons (Fsp3) is 0.875. The minimum atomic E-state index is -0.274. The van der Waals surface area contributed by atoms with E-state index in [1.807, 2.05) is 0 Å². The van der Waals surface area contributed by atoms with E-state index < -0.39 is 0 Å². The average molecular weight is 173 g/mol. The highest BCUT2D eigenvalue weighted by Crippen LogP contribution is 2.05.